The molecule has 1 aromatic carbocycles. The number of aliphatic hydroxyl groups excluding tert-OH is 2. The first-order valence-electron chi connectivity index (χ1n) is 6.17. The molecule has 0 aromatic heterocycles. The van der Waals surface area contributed by atoms with Crippen LogP contribution in [0.2, 0.25) is 0 Å². The average Bonchev–Trinajstić information content (AvgIpc) is 2.34. The van der Waals surface area contributed by atoms with Gasteiger partial charge in [0, 0.05) is 0 Å². The van der Waals surface area contributed by atoms with Gasteiger partial charge in [0.2, 0.25) is 0 Å². The number of rotatable bonds is 4. The first kappa shape index (κ1) is 15.5. The molecule has 0 bridgehead atoms. The molecule has 0 saturated heterocycles. The molecule has 0 spiro atoms. The third-order valence-electron chi connectivity index (χ3n) is 2.40. The summed E-state index contributed by atoms with van der Waals surface area (Å²) < 4.78 is 5.14. The Bertz CT molecular complexity index is 400. The molecule has 0 radical (unpaired) electrons. The molecule has 3 N–H and O–H groups in total. The lowest BCUT2D eigenvalue weighted by Crippen LogP contribution is -2.40. The van der Waals surface area contributed by atoms with Gasteiger partial charge < -0.3 is 20.3 Å². The van der Waals surface area contributed by atoms with E-state index in [-0.39, 0.29) is 0 Å². The second kappa shape index (κ2) is 6.54. The van der Waals surface area contributed by atoms with E-state index in [4.69, 9.17) is 9.84 Å². The molecular weight excluding hydrogens is 246 g/mol. The van der Waals surface area contributed by atoms with Gasteiger partial charge in [-0.15, -0.1) is 0 Å². The molecule has 2 atom stereocenters. The van der Waals surface area contributed by atoms with Gasteiger partial charge >= 0.3 is 6.09 Å². The molecule has 0 aliphatic carbocycles. The van der Waals surface area contributed by atoms with Crippen molar-refractivity contribution in [2.45, 2.75) is 38.5 Å². The first-order valence-corrected chi connectivity index (χ1v) is 6.17. The van der Waals surface area contributed by atoms with E-state index >= 15 is 0 Å². The maximum atomic E-state index is 11.7. The van der Waals surface area contributed by atoms with Crippen molar-refractivity contribution in [1.29, 1.82) is 0 Å². The van der Waals surface area contributed by atoms with Crippen LogP contribution in [0.5, 0.6) is 0 Å². The van der Waals surface area contributed by atoms with Crippen LogP contribution in [0.25, 0.3) is 0 Å². The number of aliphatic hydroxyl groups is 2. The number of alkyl carbamates (subject to hydrolysis) is 1. The number of hydrogen-bond acceptors (Lipinski definition) is 4. The summed E-state index contributed by atoms with van der Waals surface area (Å²) in [5.41, 5.74) is 0.0880. The van der Waals surface area contributed by atoms with E-state index in [2.05, 4.69) is 5.32 Å². The average molecular weight is 267 g/mol. The van der Waals surface area contributed by atoms with Gasteiger partial charge in [0.1, 0.15) is 11.7 Å². The first-order chi connectivity index (χ1) is 8.83. The van der Waals surface area contributed by atoms with Crippen molar-refractivity contribution in [3.8, 4) is 0 Å². The monoisotopic (exact) mass is 267 g/mol. The summed E-state index contributed by atoms with van der Waals surface area (Å²) >= 11 is 0. The SMILES string of the molecule is CC(C)(C)OC(=O)N[C@H](c1ccccc1)[C@H](O)CO. The Labute approximate surface area is 113 Å². The van der Waals surface area contributed by atoms with Crippen LogP contribution in [0.3, 0.4) is 0 Å². The van der Waals surface area contributed by atoms with E-state index < -0.39 is 30.4 Å². The van der Waals surface area contributed by atoms with E-state index in [0.717, 1.165) is 0 Å². The van der Waals surface area contributed by atoms with Crippen LogP contribution in [-0.4, -0.2) is 34.6 Å². The van der Waals surface area contributed by atoms with E-state index in [1.165, 1.54) is 0 Å². The van der Waals surface area contributed by atoms with Crippen LogP contribution in [0.4, 0.5) is 4.79 Å². The fraction of sp³-hybridized carbons (Fsp3) is 0.500. The largest absolute Gasteiger partial charge is 0.444 e. The van der Waals surface area contributed by atoms with Crippen molar-refractivity contribution in [3.63, 3.8) is 0 Å². The Morgan fingerprint density at radius 2 is 1.89 bits per heavy atom. The lowest BCUT2D eigenvalue weighted by molar-refractivity contribution is 0.0316. The van der Waals surface area contributed by atoms with Crippen LogP contribution in [-0.2, 0) is 4.74 Å². The van der Waals surface area contributed by atoms with Crippen molar-refractivity contribution in [1.82, 2.24) is 5.32 Å². The lowest BCUT2D eigenvalue weighted by atomic mass is 10.0. The van der Waals surface area contributed by atoms with Crippen molar-refractivity contribution >= 4 is 6.09 Å². The smallest absolute Gasteiger partial charge is 0.408 e. The maximum Gasteiger partial charge on any atom is 0.408 e. The summed E-state index contributed by atoms with van der Waals surface area (Å²) in [4.78, 5) is 11.7. The van der Waals surface area contributed by atoms with Crippen molar-refractivity contribution in [2.24, 2.45) is 0 Å². The fourth-order valence-electron chi connectivity index (χ4n) is 1.60. The van der Waals surface area contributed by atoms with Crippen molar-refractivity contribution in [2.75, 3.05) is 6.61 Å². The number of hydrogen-bond donors (Lipinski definition) is 3. The molecule has 0 fully saturated rings. The standard InChI is InChI=1S/C14H21NO4/c1-14(2,3)19-13(18)15-12(11(17)9-16)10-7-5-4-6-8-10/h4-8,11-12,16-17H,9H2,1-3H3,(H,15,18)/t11-,12-/m1/s1. The minimum atomic E-state index is -1.09. The predicted octanol–water partition coefficient (Wildman–Crippen LogP) is 1.61. The third kappa shape index (κ3) is 5.28. The van der Waals surface area contributed by atoms with Gasteiger partial charge in [-0.3, -0.25) is 0 Å². The third-order valence-corrected chi connectivity index (χ3v) is 2.40. The van der Waals surface area contributed by atoms with Crippen LogP contribution in [0.15, 0.2) is 30.3 Å². The topological polar surface area (TPSA) is 78.8 Å². The molecule has 5 nitrogen and oxygen atoms in total. The summed E-state index contributed by atoms with van der Waals surface area (Å²) in [6.45, 7) is 4.82. The van der Waals surface area contributed by atoms with Gasteiger partial charge in [0.25, 0.3) is 0 Å². The fourth-order valence-corrected chi connectivity index (χ4v) is 1.60. The van der Waals surface area contributed by atoms with Gasteiger partial charge in [0.15, 0.2) is 0 Å². The molecule has 0 aliphatic heterocycles. The summed E-state index contributed by atoms with van der Waals surface area (Å²) in [6.07, 6.45) is -1.72. The van der Waals surface area contributed by atoms with Crippen LogP contribution in [0.1, 0.15) is 32.4 Å². The summed E-state index contributed by atoms with van der Waals surface area (Å²) in [5, 5.41) is 21.4. The second-order valence-corrected chi connectivity index (χ2v) is 5.28. The molecule has 106 valence electrons. The zero-order valence-electron chi connectivity index (χ0n) is 11.5. The summed E-state index contributed by atoms with van der Waals surface area (Å²) in [7, 11) is 0. The van der Waals surface area contributed by atoms with E-state index in [0.29, 0.717) is 5.56 Å². The highest BCUT2D eigenvalue weighted by Crippen LogP contribution is 2.18. The Hall–Kier alpha value is -1.59. The van der Waals surface area contributed by atoms with Crippen LogP contribution in [0, 0.1) is 0 Å². The maximum absolute atomic E-state index is 11.7. The van der Waals surface area contributed by atoms with Gasteiger partial charge in [-0.25, -0.2) is 4.79 Å². The summed E-state index contributed by atoms with van der Waals surface area (Å²) in [6, 6.07) is 8.24. The van der Waals surface area contributed by atoms with Gasteiger partial charge in [0.05, 0.1) is 12.6 Å². The summed E-state index contributed by atoms with van der Waals surface area (Å²) in [5.74, 6) is 0. The van der Waals surface area contributed by atoms with E-state index in [9.17, 15) is 9.90 Å². The zero-order valence-corrected chi connectivity index (χ0v) is 11.5. The van der Waals surface area contributed by atoms with Crippen molar-refractivity contribution < 1.29 is 19.7 Å². The molecule has 0 aliphatic rings. The zero-order chi connectivity index (χ0) is 14.5. The van der Waals surface area contributed by atoms with Crippen LogP contribution < -0.4 is 5.32 Å². The highest BCUT2D eigenvalue weighted by atomic mass is 16.6. The Balaban J connectivity index is 2.80. The Morgan fingerprint density at radius 3 is 2.37 bits per heavy atom. The number of ether oxygens (including phenoxy) is 1. The number of nitrogens with one attached hydrogen (secondary N) is 1. The van der Waals surface area contributed by atoms with Crippen molar-refractivity contribution in [3.05, 3.63) is 35.9 Å². The molecule has 5 heteroatoms. The molecule has 0 unspecified atom stereocenters. The predicted molar refractivity (Wildman–Crippen MR) is 71.6 cm³/mol. The molecule has 1 rings (SSSR count). The Morgan fingerprint density at radius 1 is 1.32 bits per heavy atom. The number of benzene rings is 1. The highest BCUT2D eigenvalue weighted by molar-refractivity contribution is 5.68. The van der Waals surface area contributed by atoms with Crippen LogP contribution >= 0.6 is 0 Å². The number of amides is 1. The van der Waals surface area contributed by atoms with E-state index in [1.807, 2.05) is 6.07 Å². The molecular formula is C14H21NO4. The van der Waals surface area contributed by atoms with E-state index in [1.54, 1.807) is 45.0 Å². The normalized spacial score (nSPS) is 14.6. The quantitative estimate of drug-likeness (QED) is 0.774. The molecule has 1 aromatic rings. The number of carbonyl (C=O) groups is 1. The van der Waals surface area contributed by atoms with Gasteiger partial charge in [-0.1, -0.05) is 30.3 Å². The lowest BCUT2D eigenvalue weighted by Gasteiger charge is -2.26. The minimum Gasteiger partial charge on any atom is -0.444 e. The molecule has 1 amide bonds. The Kier molecular flexibility index (Phi) is 5.32. The second-order valence-electron chi connectivity index (χ2n) is 5.28. The highest BCUT2D eigenvalue weighted by Gasteiger charge is 2.25. The molecule has 0 heterocycles. The minimum absolute atomic E-state index is 0.449. The number of carbonyl (C=O) groups excluding carboxylic acids is 1. The van der Waals surface area contributed by atoms with Gasteiger partial charge in [-0.2, -0.15) is 0 Å². The molecule has 0 saturated carbocycles. The van der Waals surface area contributed by atoms with Gasteiger partial charge in [-0.05, 0) is 26.3 Å². The molecule has 19 heavy (non-hydrogen) atoms.